The van der Waals surface area contributed by atoms with Gasteiger partial charge < -0.3 is 15.2 Å². The third-order valence-corrected chi connectivity index (χ3v) is 5.58. The molecular formula is C22H32N2O4. The summed E-state index contributed by atoms with van der Waals surface area (Å²) in [5.41, 5.74) is 2.33. The van der Waals surface area contributed by atoms with Crippen LogP contribution < -0.4 is 5.32 Å². The molecule has 1 atom stereocenters. The molecule has 2 aliphatic rings. The number of aliphatic hydroxyl groups is 1. The Morgan fingerprint density at radius 2 is 1.86 bits per heavy atom. The van der Waals surface area contributed by atoms with Crippen molar-refractivity contribution in [1.82, 2.24) is 10.2 Å². The number of hydrogen-bond donors (Lipinski definition) is 2. The van der Waals surface area contributed by atoms with Gasteiger partial charge in [-0.15, -0.1) is 0 Å². The smallest absolute Gasteiger partial charge is 0.220 e. The summed E-state index contributed by atoms with van der Waals surface area (Å²) in [5, 5.41) is 13.3. The molecule has 0 spiro atoms. The first-order valence-corrected chi connectivity index (χ1v) is 10.4. The van der Waals surface area contributed by atoms with Crippen LogP contribution in [-0.2, 0) is 22.4 Å². The van der Waals surface area contributed by atoms with Crippen LogP contribution in [-0.4, -0.2) is 66.7 Å². The van der Waals surface area contributed by atoms with Gasteiger partial charge in [0.2, 0.25) is 5.91 Å². The second-order valence-electron chi connectivity index (χ2n) is 8.28. The van der Waals surface area contributed by atoms with Gasteiger partial charge >= 0.3 is 0 Å². The lowest BCUT2D eigenvalue weighted by Gasteiger charge is -2.33. The monoisotopic (exact) mass is 388 g/mol. The number of hydrogen-bond acceptors (Lipinski definition) is 5. The van der Waals surface area contributed by atoms with Gasteiger partial charge in [-0.25, -0.2) is 0 Å². The maximum atomic E-state index is 12.5. The molecule has 1 saturated heterocycles. The molecule has 6 nitrogen and oxygen atoms in total. The van der Waals surface area contributed by atoms with Crippen molar-refractivity contribution >= 4 is 11.7 Å². The van der Waals surface area contributed by atoms with Crippen molar-refractivity contribution < 1.29 is 19.4 Å². The van der Waals surface area contributed by atoms with Gasteiger partial charge in [-0.3, -0.25) is 14.5 Å². The van der Waals surface area contributed by atoms with Crippen molar-refractivity contribution in [3.63, 3.8) is 0 Å². The van der Waals surface area contributed by atoms with E-state index >= 15 is 0 Å². The first-order chi connectivity index (χ1) is 13.4. The lowest BCUT2D eigenvalue weighted by molar-refractivity contribution is -0.122. The molecule has 1 heterocycles. The number of ether oxygens (including phenoxy) is 1. The number of carbonyl (C=O) groups excluding carboxylic acids is 2. The first kappa shape index (κ1) is 21.0. The van der Waals surface area contributed by atoms with Gasteiger partial charge in [0.1, 0.15) is 0 Å². The zero-order valence-electron chi connectivity index (χ0n) is 16.8. The van der Waals surface area contributed by atoms with E-state index in [1.165, 1.54) is 24.0 Å². The summed E-state index contributed by atoms with van der Waals surface area (Å²) < 4.78 is 5.31. The van der Waals surface area contributed by atoms with E-state index in [2.05, 4.69) is 16.3 Å². The Morgan fingerprint density at radius 3 is 2.61 bits per heavy atom. The standard InChI is InChI=1S/C22H32N2O4/c1-22(27,16-24-10-12-28-13-11-24)15-23-21(26)9-8-20(25)19-7-6-17-4-2-3-5-18(17)14-19/h6-7,14,27H,2-5,8-13,15-16H2,1H3,(H,23,26)/t22-/m0/s1. The third-order valence-electron chi connectivity index (χ3n) is 5.58. The van der Waals surface area contributed by atoms with Crippen LogP contribution in [0.1, 0.15) is 54.1 Å². The number of carbonyl (C=O) groups is 2. The van der Waals surface area contributed by atoms with Crippen LogP contribution in [0.2, 0.25) is 0 Å². The van der Waals surface area contributed by atoms with Gasteiger partial charge in [0.05, 0.1) is 18.8 Å². The molecule has 0 aromatic heterocycles. The molecule has 28 heavy (non-hydrogen) atoms. The number of β-amino-alcohol motifs (C(OH)–C–C–N with tert-alkyl or cyclic N) is 1. The zero-order chi connectivity index (χ0) is 20.0. The highest BCUT2D eigenvalue weighted by atomic mass is 16.5. The fraction of sp³-hybridized carbons (Fsp3) is 0.636. The highest BCUT2D eigenvalue weighted by molar-refractivity contribution is 5.98. The molecule has 3 rings (SSSR count). The number of benzene rings is 1. The molecule has 0 radical (unpaired) electrons. The predicted octanol–water partition coefficient (Wildman–Crippen LogP) is 1.73. The Morgan fingerprint density at radius 1 is 1.14 bits per heavy atom. The van der Waals surface area contributed by atoms with Crippen LogP contribution in [0.5, 0.6) is 0 Å². The minimum Gasteiger partial charge on any atom is -0.387 e. The van der Waals surface area contributed by atoms with Crippen molar-refractivity contribution in [2.45, 2.75) is 51.0 Å². The van der Waals surface area contributed by atoms with E-state index in [1.807, 2.05) is 12.1 Å². The average Bonchev–Trinajstić information content (AvgIpc) is 2.70. The average molecular weight is 389 g/mol. The summed E-state index contributed by atoms with van der Waals surface area (Å²) in [4.78, 5) is 26.7. The predicted molar refractivity (Wildman–Crippen MR) is 108 cm³/mol. The third kappa shape index (κ3) is 6.12. The number of morpholine rings is 1. The fourth-order valence-electron chi connectivity index (χ4n) is 3.95. The van der Waals surface area contributed by atoms with Crippen molar-refractivity contribution in [2.24, 2.45) is 0 Å². The Kier molecular flexibility index (Phi) is 7.21. The molecule has 1 aromatic carbocycles. The number of Topliss-reactive ketones (excluding diaryl/α,β-unsaturated/α-hetero) is 1. The number of nitrogens with zero attached hydrogens (tertiary/aromatic N) is 1. The summed E-state index contributed by atoms with van der Waals surface area (Å²) in [7, 11) is 0. The minimum absolute atomic E-state index is 0.00333. The molecule has 1 aliphatic carbocycles. The number of amides is 1. The van der Waals surface area contributed by atoms with Crippen LogP contribution in [0, 0.1) is 0 Å². The molecule has 1 fully saturated rings. The van der Waals surface area contributed by atoms with Gasteiger partial charge in [-0.2, -0.15) is 0 Å². The van der Waals surface area contributed by atoms with Crippen LogP contribution in [0.3, 0.4) is 0 Å². The van der Waals surface area contributed by atoms with E-state index < -0.39 is 5.60 Å². The molecular weight excluding hydrogens is 356 g/mol. The molecule has 2 N–H and O–H groups in total. The lowest BCUT2D eigenvalue weighted by atomic mass is 9.89. The Hall–Kier alpha value is -1.76. The lowest BCUT2D eigenvalue weighted by Crippen LogP contribution is -2.51. The normalized spacial score (nSPS) is 19.5. The van der Waals surface area contributed by atoms with Crippen molar-refractivity contribution in [1.29, 1.82) is 0 Å². The second-order valence-corrected chi connectivity index (χ2v) is 8.28. The quantitative estimate of drug-likeness (QED) is 0.663. The highest BCUT2D eigenvalue weighted by Gasteiger charge is 2.26. The summed E-state index contributed by atoms with van der Waals surface area (Å²) in [6.07, 6.45) is 4.86. The van der Waals surface area contributed by atoms with Crippen molar-refractivity contribution in [3.8, 4) is 0 Å². The SMILES string of the molecule is C[C@](O)(CNC(=O)CCC(=O)c1ccc2c(c1)CCCC2)CN1CCOCC1. The summed E-state index contributed by atoms with van der Waals surface area (Å²) in [6.45, 7) is 5.32. The summed E-state index contributed by atoms with van der Waals surface area (Å²) >= 11 is 0. The molecule has 1 aliphatic heterocycles. The van der Waals surface area contributed by atoms with Crippen LogP contribution in [0.4, 0.5) is 0 Å². The maximum absolute atomic E-state index is 12.5. The summed E-state index contributed by atoms with van der Waals surface area (Å²) in [5.74, 6) is -0.197. The zero-order valence-corrected chi connectivity index (χ0v) is 16.8. The van der Waals surface area contributed by atoms with Gasteiger partial charge in [0.25, 0.3) is 0 Å². The first-order valence-electron chi connectivity index (χ1n) is 10.4. The molecule has 0 unspecified atom stereocenters. The molecule has 1 amide bonds. The van der Waals surface area contributed by atoms with E-state index in [4.69, 9.17) is 4.74 Å². The number of aryl methyl sites for hydroxylation is 2. The molecule has 6 heteroatoms. The van der Waals surface area contributed by atoms with E-state index in [-0.39, 0.29) is 31.1 Å². The second kappa shape index (κ2) is 9.63. The molecule has 0 saturated carbocycles. The number of nitrogens with one attached hydrogen (secondary N) is 1. The summed E-state index contributed by atoms with van der Waals surface area (Å²) in [6, 6.07) is 5.95. The molecule has 1 aromatic rings. The van der Waals surface area contributed by atoms with Crippen LogP contribution >= 0.6 is 0 Å². The number of fused-ring (bicyclic) bond motifs is 1. The molecule has 0 bridgehead atoms. The van der Waals surface area contributed by atoms with Gasteiger partial charge in [-0.1, -0.05) is 12.1 Å². The van der Waals surface area contributed by atoms with E-state index in [1.54, 1.807) is 6.92 Å². The highest BCUT2D eigenvalue weighted by Crippen LogP contribution is 2.23. The van der Waals surface area contributed by atoms with Crippen molar-refractivity contribution in [2.75, 3.05) is 39.4 Å². The maximum Gasteiger partial charge on any atom is 0.220 e. The largest absolute Gasteiger partial charge is 0.387 e. The molecule has 154 valence electrons. The van der Waals surface area contributed by atoms with E-state index in [0.29, 0.717) is 25.3 Å². The van der Waals surface area contributed by atoms with E-state index in [9.17, 15) is 14.7 Å². The van der Waals surface area contributed by atoms with Crippen LogP contribution in [0.25, 0.3) is 0 Å². The Bertz CT molecular complexity index is 696. The minimum atomic E-state index is -1.00. The van der Waals surface area contributed by atoms with Gasteiger partial charge in [-0.05, 0) is 49.8 Å². The fourth-order valence-corrected chi connectivity index (χ4v) is 3.95. The van der Waals surface area contributed by atoms with Gasteiger partial charge in [0, 0.05) is 44.6 Å². The number of rotatable bonds is 8. The van der Waals surface area contributed by atoms with Gasteiger partial charge in [0.15, 0.2) is 5.78 Å². The van der Waals surface area contributed by atoms with E-state index in [0.717, 1.165) is 25.9 Å². The topological polar surface area (TPSA) is 78.9 Å². The van der Waals surface area contributed by atoms with Crippen molar-refractivity contribution in [3.05, 3.63) is 34.9 Å². The Labute approximate surface area is 167 Å². The number of ketones is 1. The van der Waals surface area contributed by atoms with Crippen LogP contribution in [0.15, 0.2) is 18.2 Å². The Balaban J connectivity index is 1.41.